The Labute approximate surface area is 159 Å². The molecule has 8 heteroatoms. The number of hydrogen-bond acceptors (Lipinski definition) is 5. The smallest absolute Gasteiger partial charge is 0.271 e. The second-order valence-electron chi connectivity index (χ2n) is 6.88. The predicted octanol–water partition coefficient (Wildman–Crippen LogP) is 2.00. The quantitative estimate of drug-likeness (QED) is 0.839. The number of imidazole rings is 1. The Bertz CT molecular complexity index is 814. The molecule has 3 rings (SSSR count). The van der Waals surface area contributed by atoms with E-state index >= 15 is 0 Å². The number of carbonyl (C=O) groups is 2. The van der Waals surface area contributed by atoms with Crippen LogP contribution in [0.1, 0.15) is 66.9 Å². The molecule has 0 saturated carbocycles. The first-order valence-electron chi connectivity index (χ1n) is 9.41. The zero-order chi connectivity index (χ0) is 19.4. The lowest BCUT2D eigenvalue weighted by atomic mass is 10.1. The summed E-state index contributed by atoms with van der Waals surface area (Å²) in [6, 6.07) is -0.132. The highest BCUT2D eigenvalue weighted by Crippen LogP contribution is 2.25. The molecule has 1 N–H and O–H groups in total. The van der Waals surface area contributed by atoms with Crippen molar-refractivity contribution in [2.45, 2.75) is 59.2 Å². The summed E-state index contributed by atoms with van der Waals surface area (Å²) in [7, 11) is 0. The van der Waals surface area contributed by atoms with Gasteiger partial charge in [-0.3, -0.25) is 19.6 Å². The van der Waals surface area contributed by atoms with Crippen LogP contribution in [-0.2, 0) is 17.9 Å². The molecular weight excluding hydrogens is 344 g/mol. The molecule has 1 aliphatic rings. The number of amides is 2. The average molecular weight is 370 g/mol. The summed E-state index contributed by atoms with van der Waals surface area (Å²) in [6.45, 7) is 7.50. The van der Waals surface area contributed by atoms with Crippen LogP contribution in [0.4, 0.5) is 0 Å². The maximum atomic E-state index is 12.5. The second-order valence-corrected chi connectivity index (χ2v) is 6.88. The number of aromatic nitrogens is 4. The van der Waals surface area contributed by atoms with Gasteiger partial charge in [0.2, 0.25) is 5.91 Å². The van der Waals surface area contributed by atoms with E-state index in [4.69, 9.17) is 0 Å². The Morgan fingerprint density at radius 3 is 2.78 bits per heavy atom. The summed E-state index contributed by atoms with van der Waals surface area (Å²) in [6.07, 6.45) is 7.53. The van der Waals surface area contributed by atoms with Crippen LogP contribution in [0.15, 0.2) is 18.6 Å². The van der Waals surface area contributed by atoms with Gasteiger partial charge < -0.3 is 14.8 Å². The maximum Gasteiger partial charge on any atom is 0.271 e. The standard InChI is InChI=1S/C19H26N6O2/c1-4-5-6-17(26)25-8-7-24-12-16(23-18(24)14(25)3)19(27)22-11-15-10-20-13(2)9-21-15/h9-10,12,14H,4-8,11H2,1-3H3,(H,22,27). The van der Waals surface area contributed by atoms with Crippen LogP contribution >= 0.6 is 0 Å². The molecule has 1 unspecified atom stereocenters. The first-order chi connectivity index (χ1) is 13.0. The van der Waals surface area contributed by atoms with Crippen LogP contribution in [0.2, 0.25) is 0 Å². The molecule has 2 aromatic heterocycles. The Balaban J connectivity index is 1.65. The van der Waals surface area contributed by atoms with Crippen molar-refractivity contribution < 1.29 is 9.59 Å². The molecule has 0 spiro atoms. The Morgan fingerprint density at radius 1 is 1.26 bits per heavy atom. The van der Waals surface area contributed by atoms with E-state index in [2.05, 4.69) is 27.2 Å². The van der Waals surface area contributed by atoms with Gasteiger partial charge in [0.15, 0.2) is 0 Å². The van der Waals surface area contributed by atoms with Gasteiger partial charge in [-0.05, 0) is 20.3 Å². The first-order valence-corrected chi connectivity index (χ1v) is 9.41. The first kappa shape index (κ1) is 19.0. The van der Waals surface area contributed by atoms with E-state index in [1.807, 2.05) is 23.3 Å². The number of carbonyl (C=O) groups excluding carboxylic acids is 2. The fourth-order valence-electron chi connectivity index (χ4n) is 3.18. The van der Waals surface area contributed by atoms with Crippen molar-refractivity contribution in [1.82, 2.24) is 29.7 Å². The van der Waals surface area contributed by atoms with Crippen molar-refractivity contribution in [3.8, 4) is 0 Å². The molecule has 2 aromatic rings. The van der Waals surface area contributed by atoms with Gasteiger partial charge in [0.1, 0.15) is 11.5 Å². The Hall–Kier alpha value is -2.77. The minimum absolute atomic E-state index is 0.132. The van der Waals surface area contributed by atoms with E-state index in [1.165, 1.54) is 0 Å². The molecule has 27 heavy (non-hydrogen) atoms. The molecule has 1 aliphatic heterocycles. The fraction of sp³-hybridized carbons (Fsp3) is 0.526. The van der Waals surface area contributed by atoms with Crippen LogP contribution in [0, 0.1) is 6.92 Å². The number of nitrogens with one attached hydrogen (secondary N) is 1. The third kappa shape index (κ3) is 4.32. The Morgan fingerprint density at radius 2 is 2.07 bits per heavy atom. The van der Waals surface area contributed by atoms with Gasteiger partial charge in [-0.15, -0.1) is 0 Å². The zero-order valence-corrected chi connectivity index (χ0v) is 16.1. The number of aryl methyl sites for hydroxylation is 1. The van der Waals surface area contributed by atoms with Gasteiger partial charge in [-0.1, -0.05) is 13.3 Å². The molecule has 0 fully saturated rings. The largest absolute Gasteiger partial charge is 0.345 e. The van der Waals surface area contributed by atoms with Crippen molar-refractivity contribution in [1.29, 1.82) is 0 Å². The number of nitrogens with zero attached hydrogens (tertiary/aromatic N) is 5. The molecule has 0 aromatic carbocycles. The number of unbranched alkanes of at least 4 members (excludes halogenated alkanes) is 1. The fourth-order valence-corrected chi connectivity index (χ4v) is 3.18. The molecule has 0 aliphatic carbocycles. The van der Waals surface area contributed by atoms with Gasteiger partial charge in [-0.25, -0.2) is 4.98 Å². The number of fused-ring (bicyclic) bond motifs is 1. The molecular formula is C19H26N6O2. The predicted molar refractivity (Wildman–Crippen MR) is 99.8 cm³/mol. The van der Waals surface area contributed by atoms with Gasteiger partial charge in [0, 0.05) is 31.9 Å². The topological polar surface area (TPSA) is 93.0 Å². The van der Waals surface area contributed by atoms with Crippen molar-refractivity contribution in [3.63, 3.8) is 0 Å². The molecule has 8 nitrogen and oxygen atoms in total. The average Bonchev–Trinajstić information content (AvgIpc) is 3.11. The molecule has 0 bridgehead atoms. The van der Waals surface area contributed by atoms with Crippen molar-refractivity contribution in [2.75, 3.05) is 6.54 Å². The lowest BCUT2D eigenvalue weighted by Gasteiger charge is -2.33. The van der Waals surface area contributed by atoms with Crippen LogP contribution in [0.5, 0.6) is 0 Å². The molecule has 0 radical (unpaired) electrons. The summed E-state index contributed by atoms with van der Waals surface area (Å²) in [4.78, 5) is 39.6. The Kier molecular flexibility index (Phi) is 5.83. The minimum Gasteiger partial charge on any atom is -0.345 e. The number of hydrogen-bond donors (Lipinski definition) is 1. The number of rotatable bonds is 6. The van der Waals surface area contributed by atoms with Crippen LogP contribution < -0.4 is 5.32 Å². The minimum atomic E-state index is -0.254. The third-order valence-corrected chi connectivity index (χ3v) is 4.79. The van der Waals surface area contributed by atoms with Crippen LogP contribution in [-0.4, -0.2) is 42.8 Å². The van der Waals surface area contributed by atoms with Crippen molar-refractivity contribution in [2.24, 2.45) is 0 Å². The SMILES string of the molecule is CCCCC(=O)N1CCn2cc(C(=O)NCc3cnc(C)cn3)nc2C1C. The molecule has 0 saturated heterocycles. The van der Waals surface area contributed by atoms with Gasteiger partial charge >= 0.3 is 0 Å². The normalized spacial score (nSPS) is 16.1. The van der Waals surface area contributed by atoms with Gasteiger partial charge in [-0.2, -0.15) is 0 Å². The van der Waals surface area contributed by atoms with E-state index in [0.29, 0.717) is 37.4 Å². The highest BCUT2D eigenvalue weighted by molar-refractivity contribution is 5.92. The van der Waals surface area contributed by atoms with Crippen LogP contribution in [0.25, 0.3) is 0 Å². The molecule has 3 heterocycles. The van der Waals surface area contributed by atoms with Gasteiger partial charge in [0.05, 0.1) is 30.2 Å². The van der Waals surface area contributed by atoms with E-state index < -0.39 is 0 Å². The third-order valence-electron chi connectivity index (χ3n) is 4.79. The summed E-state index contributed by atoms with van der Waals surface area (Å²) in [5, 5.41) is 2.82. The van der Waals surface area contributed by atoms with E-state index in [-0.39, 0.29) is 17.9 Å². The summed E-state index contributed by atoms with van der Waals surface area (Å²) in [5.74, 6) is 0.657. The van der Waals surface area contributed by atoms with Crippen LogP contribution in [0.3, 0.4) is 0 Å². The zero-order valence-electron chi connectivity index (χ0n) is 16.1. The highest BCUT2D eigenvalue weighted by atomic mass is 16.2. The summed E-state index contributed by atoms with van der Waals surface area (Å²) in [5.41, 5.74) is 1.89. The van der Waals surface area contributed by atoms with Crippen molar-refractivity contribution >= 4 is 11.8 Å². The highest BCUT2D eigenvalue weighted by Gasteiger charge is 2.30. The second kappa shape index (κ2) is 8.28. The van der Waals surface area contributed by atoms with Crippen molar-refractivity contribution in [3.05, 3.63) is 41.5 Å². The van der Waals surface area contributed by atoms with Gasteiger partial charge in [0.25, 0.3) is 5.91 Å². The van der Waals surface area contributed by atoms with E-state index in [0.717, 1.165) is 24.4 Å². The van der Waals surface area contributed by atoms with E-state index in [1.54, 1.807) is 18.6 Å². The monoisotopic (exact) mass is 370 g/mol. The summed E-state index contributed by atoms with van der Waals surface area (Å²) >= 11 is 0. The lowest BCUT2D eigenvalue weighted by Crippen LogP contribution is -2.41. The summed E-state index contributed by atoms with van der Waals surface area (Å²) < 4.78 is 1.97. The molecule has 1 atom stereocenters. The lowest BCUT2D eigenvalue weighted by molar-refractivity contribution is -0.134. The molecule has 144 valence electrons. The molecule has 2 amide bonds. The maximum absolute atomic E-state index is 12.5. The van der Waals surface area contributed by atoms with E-state index in [9.17, 15) is 9.59 Å².